The average Bonchev–Trinajstić information content (AvgIpc) is 3.39. The number of amides is 2. The van der Waals surface area contributed by atoms with Crippen molar-refractivity contribution in [1.82, 2.24) is 15.5 Å². The maximum absolute atomic E-state index is 13.3. The van der Waals surface area contributed by atoms with Crippen molar-refractivity contribution in [1.29, 1.82) is 0 Å². The molecule has 2 amide bonds. The number of nitrogens with zero attached hydrogens (tertiary/aromatic N) is 4. The van der Waals surface area contributed by atoms with E-state index in [1.165, 1.54) is 34.8 Å². The van der Waals surface area contributed by atoms with Gasteiger partial charge in [0, 0.05) is 34.3 Å². The first-order chi connectivity index (χ1) is 19.3. The van der Waals surface area contributed by atoms with Gasteiger partial charge in [-0.3, -0.25) is 14.6 Å². The molecule has 0 aliphatic rings. The van der Waals surface area contributed by atoms with Gasteiger partial charge in [0.2, 0.25) is 16.9 Å². The van der Waals surface area contributed by atoms with Crippen LogP contribution in [0.1, 0.15) is 11.1 Å². The van der Waals surface area contributed by atoms with E-state index in [9.17, 15) is 9.59 Å². The summed E-state index contributed by atoms with van der Waals surface area (Å²) in [5.74, 6) is 10.3. The molecule has 0 aliphatic carbocycles. The first kappa shape index (κ1) is 28.2. The van der Waals surface area contributed by atoms with Crippen LogP contribution in [0.5, 0.6) is 0 Å². The third-order valence-corrected chi connectivity index (χ3v) is 6.67. The number of hydrazine groups is 1. The van der Waals surface area contributed by atoms with Gasteiger partial charge in [-0.15, -0.1) is 10.2 Å². The molecule has 3 aromatic carbocycles. The number of hydrogen-bond acceptors (Lipinski definition) is 9. The number of carbonyl (C=O) groups excluding carboxylic acids is 2. The lowest BCUT2D eigenvalue weighted by atomic mass is 10.0. The van der Waals surface area contributed by atoms with Gasteiger partial charge in [0.25, 0.3) is 0 Å². The Balaban J connectivity index is 1.50. The lowest BCUT2D eigenvalue weighted by Gasteiger charge is -2.18. The van der Waals surface area contributed by atoms with Crippen molar-refractivity contribution in [2.24, 2.45) is 16.8 Å². The number of anilines is 3. The molecule has 1 atom stereocenters. The Labute approximate surface area is 239 Å². The maximum Gasteiger partial charge on any atom is 0.247 e. The fraction of sp³-hybridized carbons (Fsp3) is 0.0741. The average molecular weight is 576 g/mol. The van der Waals surface area contributed by atoms with Crippen molar-refractivity contribution in [3.05, 3.63) is 95.0 Å². The summed E-state index contributed by atoms with van der Waals surface area (Å²) in [6.45, 7) is 0. The van der Waals surface area contributed by atoms with Crippen LogP contribution in [0.3, 0.4) is 0 Å². The minimum atomic E-state index is -0.864. The summed E-state index contributed by atoms with van der Waals surface area (Å²) in [6.07, 6.45) is 4.34. The van der Waals surface area contributed by atoms with Crippen LogP contribution in [0, 0.1) is 0 Å². The Kier molecular flexibility index (Phi) is 9.41. The summed E-state index contributed by atoms with van der Waals surface area (Å²) >= 11 is 7.40. The zero-order valence-corrected chi connectivity index (χ0v) is 22.6. The molecule has 0 aliphatic heterocycles. The highest BCUT2D eigenvalue weighted by Crippen LogP contribution is 2.26. The second kappa shape index (κ2) is 13.3. The number of aromatic nitrogens is 2. The Hall–Kier alpha value is -4.78. The van der Waals surface area contributed by atoms with E-state index in [2.05, 4.69) is 25.9 Å². The quantitative estimate of drug-likeness (QED) is 0.0627. The predicted molar refractivity (Wildman–Crippen MR) is 160 cm³/mol. The van der Waals surface area contributed by atoms with Crippen LogP contribution in [-0.2, 0) is 16.0 Å². The number of rotatable bonds is 10. The van der Waals surface area contributed by atoms with Crippen molar-refractivity contribution < 1.29 is 9.59 Å². The van der Waals surface area contributed by atoms with E-state index in [0.29, 0.717) is 32.1 Å². The minimum Gasteiger partial charge on any atom is -0.374 e. The Bertz CT molecular complexity index is 1520. The number of nitrogens with one attached hydrogen (secondary N) is 2. The van der Waals surface area contributed by atoms with E-state index in [4.69, 9.17) is 29.0 Å². The highest BCUT2D eigenvalue weighted by atomic mass is 35.5. The zero-order valence-electron chi connectivity index (χ0n) is 21.1. The van der Waals surface area contributed by atoms with Gasteiger partial charge in [-0.1, -0.05) is 53.3 Å². The molecule has 4 aromatic rings. The van der Waals surface area contributed by atoms with Gasteiger partial charge in [0.15, 0.2) is 0 Å². The van der Waals surface area contributed by atoms with Gasteiger partial charge in [0.05, 0.1) is 5.69 Å². The molecule has 0 saturated carbocycles. The number of nitrogens with two attached hydrogens (primary N) is 3. The fourth-order valence-electron chi connectivity index (χ4n) is 3.75. The molecular weight excluding hydrogens is 550 g/mol. The van der Waals surface area contributed by atoms with Crippen LogP contribution in [0.4, 0.5) is 16.5 Å². The molecule has 1 aromatic heterocycles. The molecule has 0 saturated heterocycles. The van der Waals surface area contributed by atoms with Crippen LogP contribution in [-0.4, -0.2) is 34.4 Å². The molecule has 13 heteroatoms. The Morgan fingerprint density at radius 2 is 1.82 bits per heavy atom. The minimum absolute atomic E-state index is 0.278. The number of nitrogen functional groups attached to an aromatic ring is 1. The normalized spacial score (nSPS) is 11.9. The van der Waals surface area contributed by atoms with Gasteiger partial charge < -0.3 is 22.2 Å². The van der Waals surface area contributed by atoms with Gasteiger partial charge in [-0.05, 0) is 54.1 Å². The van der Waals surface area contributed by atoms with Crippen LogP contribution < -0.4 is 33.1 Å². The summed E-state index contributed by atoms with van der Waals surface area (Å²) < 4.78 is 0. The maximum atomic E-state index is 13.3. The Morgan fingerprint density at radius 3 is 2.50 bits per heavy atom. The smallest absolute Gasteiger partial charge is 0.247 e. The number of carbonyl (C=O) groups is 2. The molecule has 1 heterocycles. The SMILES string of the molecule is N/N=C\N(N)c1ccc(Cl)cc1/C=C/C(=O)N[C@@H](Cc1ccccc1)C(=O)Nc1ccc(-c2nnc(N)s2)cc1. The lowest BCUT2D eigenvalue weighted by Crippen LogP contribution is -2.44. The van der Waals surface area contributed by atoms with E-state index >= 15 is 0 Å². The van der Waals surface area contributed by atoms with E-state index < -0.39 is 11.9 Å². The molecule has 0 bridgehead atoms. The third kappa shape index (κ3) is 7.63. The summed E-state index contributed by atoms with van der Waals surface area (Å²) in [6, 6.07) is 20.6. The van der Waals surface area contributed by atoms with Crippen molar-refractivity contribution in [3.8, 4) is 10.6 Å². The summed E-state index contributed by atoms with van der Waals surface area (Å²) in [7, 11) is 0. The fourth-order valence-corrected chi connectivity index (χ4v) is 4.55. The summed E-state index contributed by atoms with van der Waals surface area (Å²) in [5.41, 5.74) is 8.99. The number of hydrazone groups is 1. The highest BCUT2D eigenvalue weighted by molar-refractivity contribution is 7.18. The lowest BCUT2D eigenvalue weighted by molar-refractivity contribution is -0.123. The van der Waals surface area contributed by atoms with Gasteiger partial charge in [-0.25, -0.2) is 5.84 Å². The van der Waals surface area contributed by atoms with E-state index in [-0.39, 0.29) is 12.3 Å². The molecule has 11 nitrogen and oxygen atoms in total. The molecule has 0 unspecified atom stereocenters. The summed E-state index contributed by atoms with van der Waals surface area (Å²) in [4.78, 5) is 26.2. The van der Waals surface area contributed by atoms with Crippen LogP contribution >= 0.6 is 22.9 Å². The first-order valence-corrected chi connectivity index (χ1v) is 13.1. The molecule has 204 valence electrons. The van der Waals surface area contributed by atoms with Gasteiger partial charge in [-0.2, -0.15) is 5.10 Å². The first-order valence-electron chi connectivity index (χ1n) is 11.9. The third-order valence-electron chi connectivity index (χ3n) is 5.63. The monoisotopic (exact) mass is 575 g/mol. The van der Waals surface area contributed by atoms with E-state index in [1.54, 1.807) is 30.3 Å². The molecule has 0 fully saturated rings. The largest absolute Gasteiger partial charge is 0.374 e. The van der Waals surface area contributed by atoms with Gasteiger partial charge in [0.1, 0.15) is 17.4 Å². The van der Waals surface area contributed by atoms with Gasteiger partial charge >= 0.3 is 0 Å². The Morgan fingerprint density at radius 1 is 1.07 bits per heavy atom. The van der Waals surface area contributed by atoms with Crippen molar-refractivity contribution in [2.75, 3.05) is 16.1 Å². The molecule has 40 heavy (non-hydrogen) atoms. The number of halogens is 1. The molecule has 0 spiro atoms. The van der Waals surface area contributed by atoms with Crippen LogP contribution in [0.15, 0.2) is 84.0 Å². The van der Waals surface area contributed by atoms with Crippen LogP contribution in [0.2, 0.25) is 5.02 Å². The molecule has 0 radical (unpaired) electrons. The molecule has 4 rings (SSSR count). The predicted octanol–water partition coefficient (Wildman–Crippen LogP) is 3.40. The van der Waals surface area contributed by atoms with Crippen LogP contribution in [0.25, 0.3) is 16.6 Å². The summed E-state index contributed by atoms with van der Waals surface area (Å²) in [5, 5.41) is 19.6. The second-order valence-corrected chi connectivity index (χ2v) is 9.92. The number of benzene rings is 3. The standard InChI is InChI=1S/C27H26ClN9O2S/c28-20-9-12-23(37(31)16-32-30)19(15-20)8-13-24(38)34-22(14-17-4-2-1-3-5-17)25(39)33-21-10-6-18(7-11-21)26-35-36-27(29)40-26/h1-13,15-16,22H,14,30-31H2,(H2,29,36)(H,33,39)(H,34,38)/b13-8+,32-16-/t22-/m0/s1. The van der Waals surface area contributed by atoms with Crippen molar-refractivity contribution in [3.63, 3.8) is 0 Å². The van der Waals surface area contributed by atoms with E-state index in [0.717, 1.165) is 11.1 Å². The highest BCUT2D eigenvalue weighted by Gasteiger charge is 2.21. The van der Waals surface area contributed by atoms with Crippen molar-refractivity contribution >= 4 is 63.7 Å². The molecular formula is C27H26ClN9O2S. The van der Waals surface area contributed by atoms with Crippen molar-refractivity contribution in [2.45, 2.75) is 12.5 Å². The van der Waals surface area contributed by atoms with E-state index in [1.807, 2.05) is 42.5 Å². The topological polar surface area (TPSA) is 178 Å². The second-order valence-electron chi connectivity index (χ2n) is 8.47. The zero-order chi connectivity index (χ0) is 28.5. The number of hydrogen-bond donors (Lipinski definition) is 5. The molecule has 8 N–H and O–H groups in total.